The summed E-state index contributed by atoms with van der Waals surface area (Å²) in [5.41, 5.74) is 1.74. The number of amides is 1. The molecule has 2 aromatic rings. The van der Waals surface area contributed by atoms with Crippen LogP contribution in [0.2, 0.25) is 5.02 Å². The van der Waals surface area contributed by atoms with Gasteiger partial charge in [0, 0.05) is 11.6 Å². The molecule has 1 amide bonds. The second kappa shape index (κ2) is 8.53. The van der Waals surface area contributed by atoms with E-state index in [1.54, 1.807) is 37.3 Å². The van der Waals surface area contributed by atoms with Crippen molar-refractivity contribution >= 4 is 27.5 Å². The van der Waals surface area contributed by atoms with Gasteiger partial charge in [-0.25, -0.2) is 13.6 Å². The van der Waals surface area contributed by atoms with Gasteiger partial charge in [0.25, 0.3) is 5.91 Å². The van der Waals surface area contributed by atoms with Gasteiger partial charge in [-0.2, -0.15) is 0 Å². The molecule has 2 rings (SSSR count). The monoisotopic (exact) mass is 396 g/mol. The fourth-order valence-corrected chi connectivity index (χ4v) is 3.05. The van der Waals surface area contributed by atoms with Gasteiger partial charge >= 0.3 is 0 Å². The van der Waals surface area contributed by atoms with Crippen LogP contribution in [-0.2, 0) is 21.2 Å². The summed E-state index contributed by atoms with van der Waals surface area (Å²) in [7, 11) is -3.70. The van der Waals surface area contributed by atoms with Crippen LogP contribution in [0.4, 0.5) is 0 Å². The lowest BCUT2D eigenvalue weighted by molar-refractivity contribution is -0.127. The average molecular weight is 397 g/mol. The number of carbonyl (C=O) groups excluding carboxylic acids is 1. The highest BCUT2D eigenvalue weighted by atomic mass is 35.5. The number of nitrogens with two attached hydrogens (primary N) is 1. The Bertz CT molecular complexity index is 883. The first kappa shape index (κ1) is 20.2. The lowest BCUT2D eigenvalue weighted by atomic mass is 10.1. The van der Waals surface area contributed by atoms with Crippen LogP contribution < -0.4 is 15.2 Å². The molecule has 0 aliphatic carbocycles. The highest BCUT2D eigenvalue weighted by Gasteiger charge is 2.15. The van der Waals surface area contributed by atoms with Crippen LogP contribution in [0.25, 0.3) is 0 Å². The maximum atomic E-state index is 12.1. The fourth-order valence-electron chi connectivity index (χ4n) is 2.31. The minimum atomic E-state index is -3.70. The Morgan fingerprint density at radius 3 is 2.46 bits per heavy atom. The molecule has 26 heavy (non-hydrogen) atoms. The van der Waals surface area contributed by atoms with Gasteiger partial charge in [0.05, 0.1) is 4.90 Å². The molecular formula is C18H21ClN2O4S. The van der Waals surface area contributed by atoms with Crippen molar-refractivity contribution in [2.45, 2.75) is 31.3 Å². The number of aryl methyl sites for hydroxylation is 1. The van der Waals surface area contributed by atoms with Crippen LogP contribution >= 0.6 is 11.6 Å². The van der Waals surface area contributed by atoms with Crippen LogP contribution in [0, 0.1) is 6.92 Å². The Morgan fingerprint density at radius 1 is 1.23 bits per heavy atom. The van der Waals surface area contributed by atoms with E-state index in [2.05, 4.69) is 5.32 Å². The first-order valence-corrected chi connectivity index (χ1v) is 9.91. The van der Waals surface area contributed by atoms with E-state index >= 15 is 0 Å². The molecule has 1 unspecified atom stereocenters. The van der Waals surface area contributed by atoms with Gasteiger partial charge in [-0.15, -0.1) is 0 Å². The van der Waals surface area contributed by atoms with E-state index in [-0.39, 0.29) is 10.8 Å². The van der Waals surface area contributed by atoms with Crippen molar-refractivity contribution in [3.8, 4) is 5.75 Å². The quantitative estimate of drug-likeness (QED) is 0.750. The van der Waals surface area contributed by atoms with Crippen molar-refractivity contribution in [2.24, 2.45) is 5.14 Å². The molecule has 3 N–H and O–H groups in total. The molecule has 0 saturated heterocycles. The third kappa shape index (κ3) is 5.72. The van der Waals surface area contributed by atoms with E-state index in [0.29, 0.717) is 23.7 Å². The molecule has 0 saturated carbocycles. The predicted octanol–water partition coefficient (Wildman–Crippen LogP) is 2.42. The summed E-state index contributed by atoms with van der Waals surface area (Å²) in [4.78, 5) is 12.2. The molecule has 0 bridgehead atoms. The molecule has 1 atom stereocenters. The standard InChI is InChI=1S/C18H21ClN2O4S/c1-12-11-15(19)5-8-17(12)25-13(2)18(22)21-10-9-14-3-6-16(7-4-14)26(20,23)24/h3-8,11,13H,9-10H2,1-2H3,(H,21,22)(H2,20,23,24). The number of hydrogen-bond acceptors (Lipinski definition) is 4. The fraction of sp³-hybridized carbons (Fsp3) is 0.278. The summed E-state index contributed by atoms with van der Waals surface area (Å²) in [5.74, 6) is 0.371. The number of hydrogen-bond donors (Lipinski definition) is 2. The van der Waals surface area contributed by atoms with Gasteiger partial charge in [-0.3, -0.25) is 4.79 Å². The highest BCUT2D eigenvalue weighted by molar-refractivity contribution is 7.89. The maximum Gasteiger partial charge on any atom is 0.260 e. The minimum Gasteiger partial charge on any atom is -0.481 e. The van der Waals surface area contributed by atoms with Crippen molar-refractivity contribution < 1.29 is 17.9 Å². The smallest absolute Gasteiger partial charge is 0.260 e. The van der Waals surface area contributed by atoms with Crippen molar-refractivity contribution in [2.75, 3.05) is 6.54 Å². The van der Waals surface area contributed by atoms with E-state index < -0.39 is 16.1 Å². The number of halogens is 1. The van der Waals surface area contributed by atoms with E-state index in [1.165, 1.54) is 12.1 Å². The summed E-state index contributed by atoms with van der Waals surface area (Å²) in [6, 6.07) is 11.4. The second-order valence-corrected chi connectivity index (χ2v) is 7.90. The van der Waals surface area contributed by atoms with Gasteiger partial charge in [-0.1, -0.05) is 23.7 Å². The number of carbonyl (C=O) groups is 1. The molecule has 0 aliphatic heterocycles. The first-order chi connectivity index (χ1) is 12.2. The predicted molar refractivity (Wildman–Crippen MR) is 101 cm³/mol. The van der Waals surface area contributed by atoms with Crippen molar-refractivity contribution in [1.29, 1.82) is 0 Å². The normalized spacial score (nSPS) is 12.5. The first-order valence-electron chi connectivity index (χ1n) is 7.99. The van der Waals surface area contributed by atoms with E-state index in [9.17, 15) is 13.2 Å². The number of benzene rings is 2. The molecule has 8 heteroatoms. The molecule has 6 nitrogen and oxygen atoms in total. The molecule has 2 aromatic carbocycles. The Kier molecular flexibility index (Phi) is 6.63. The van der Waals surface area contributed by atoms with E-state index in [0.717, 1.165) is 11.1 Å². The SMILES string of the molecule is Cc1cc(Cl)ccc1OC(C)C(=O)NCCc1ccc(S(N)(=O)=O)cc1. The molecule has 0 spiro atoms. The average Bonchev–Trinajstić information content (AvgIpc) is 2.57. The molecule has 0 aromatic heterocycles. The van der Waals surface area contributed by atoms with Crippen LogP contribution in [0.15, 0.2) is 47.4 Å². The van der Waals surface area contributed by atoms with Crippen LogP contribution in [0.3, 0.4) is 0 Å². The van der Waals surface area contributed by atoms with Gasteiger partial charge in [0.1, 0.15) is 5.75 Å². The van der Waals surface area contributed by atoms with Gasteiger partial charge in [0.2, 0.25) is 10.0 Å². The summed E-state index contributed by atoms with van der Waals surface area (Å²) < 4.78 is 28.1. The third-order valence-corrected chi connectivity index (χ3v) is 4.94. The summed E-state index contributed by atoms with van der Waals surface area (Å²) in [5, 5.41) is 8.46. The Labute approximate surface area is 158 Å². The van der Waals surface area contributed by atoms with Gasteiger partial charge < -0.3 is 10.1 Å². The van der Waals surface area contributed by atoms with E-state index in [4.69, 9.17) is 21.5 Å². The number of sulfonamides is 1. The topological polar surface area (TPSA) is 98.5 Å². The number of ether oxygens (including phenoxy) is 1. The third-order valence-electron chi connectivity index (χ3n) is 3.77. The zero-order valence-corrected chi connectivity index (χ0v) is 16.1. The van der Waals surface area contributed by atoms with Crippen molar-refractivity contribution in [3.63, 3.8) is 0 Å². The van der Waals surface area contributed by atoms with Crippen LogP contribution in [0.1, 0.15) is 18.1 Å². The number of primary sulfonamides is 1. The minimum absolute atomic E-state index is 0.0608. The second-order valence-electron chi connectivity index (χ2n) is 5.90. The maximum absolute atomic E-state index is 12.1. The Balaban J connectivity index is 1.84. The van der Waals surface area contributed by atoms with Crippen molar-refractivity contribution in [1.82, 2.24) is 5.32 Å². The number of nitrogens with one attached hydrogen (secondary N) is 1. The molecule has 0 heterocycles. The number of rotatable bonds is 7. The summed E-state index contributed by atoms with van der Waals surface area (Å²) in [6.45, 7) is 3.93. The molecule has 0 aliphatic rings. The van der Waals surface area contributed by atoms with Gasteiger partial charge in [0.15, 0.2) is 6.10 Å². The molecular weight excluding hydrogens is 376 g/mol. The Morgan fingerprint density at radius 2 is 1.88 bits per heavy atom. The van der Waals surface area contributed by atoms with Crippen molar-refractivity contribution in [3.05, 3.63) is 58.6 Å². The highest BCUT2D eigenvalue weighted by Crippen LogP contribution is 2.22. The van der Waals surface area contributed by atoms with Crippen LogP contribution in [-0.4, -0.2) is 27.0 Å². The zero-order valence-electron chi connectivity index (χ0n) is 14.5. The molecule has 140 valence electrons. The van der Waals surface area contributed by atoms with E-state index in [1.807, 2.05) is 6.92 Å². The summed E-state index contributed by atoms with van der Waals surface area (Å²) >= 11 is 5.90. The zero-order chi connectivity index (χ0) is 19.3. The Hall–Kier alpha value is -2.09. The molecule has 0 radical (unpaired) electrons. The lowest BCUT2D eigenvalue weighted by Gasteiger charge is -2.16. The van der Waals surface area contributed by atoms with Gasteiger partial charge in [-0.05, 0) is 61.7 Å². The molecule has 0 fully saturated rings. The lowest BCUT2D eigenvalue weighted by Crippen LogP contribution is -2.37. The largest absolute Gasteiger partial charge is 0.481 e. The van der Waals surface area contributed by atoms with Crippen LogP contribution in [0.5, 0.6) is 5.75 Å². The summed E-state index contributed by atoms with van der Waals surface area (Å²) in [6.07, 6.45) is -0.0943.